The Hall–Kier alpha value is -2.24. The van der Waals surface area contributed by atoms with Crippen LogP contribution >= 0.6 is 23.1 Å². The highest BCUT2D eigenvalue weighted by atomic mass is 32.2. The number of hydrogen-bond acceptors (Lipinski definition) is 9. The zero-order chi connectivity index (χ0) is 19.6. The normalized spacial score (nSPS) is 16.1. The van der Waals surface area contributed by atoms with Crippen molar-refractivity contribution >= 4 is 50.7 Å². The van der Waals surface area contributed by atoms with Crippen molar-refractivity contribution in [2.24, 2.45) is 0 Å². The lowest BCUT2D eigenvalue weighted by molar-refractivity contribution is -0.137. The van der Waals surface area contributed by atoms with Gasteiger partial charge in [-0.15, -0.1) is 26.6 Å². The zero-order valence-corrected chi connectivity index (χ0v) is 17.5. The molecule has 11 heteroatoms. The molecule has 0 fully saturated rings. The van der Waals surface area contributed by atoms with Crippen LogP contribution in [0.3, 0.4) is 0 Å². The summed E-state index contributed by atoms with van der Waals surface area (Å²) in [5.74, 6) is 1.10. The highest BCUT2D eigenvalue weighted by Gasteiger charge is 2.32. The van der Waals surface area contributed by atoms with Gasteiger partial charge in [-0.1, -0.05) is 11.8 Å². The molecule has 0 aliphatic carbocycles. The van der Waals surface area contributed by atoms with Gasteiger partial charge in [0, 0.05) is 11.3 Å². The number of methoxy groups -OCH3 is 1. The van der Waals surface area contributed by atoms with E-state index in [0.29, 0.717) is 23.4 Å². The van der Waals surface area contributed by atoms with E-state index in [9.17, 15) is 4.79 Å². The molecule has 0 atom stereocenters. The van der Waals surface area contributed by atoms with Crippen molar-refractivity contribution in [3.05, 3.63) is 16.3 Å². The molecule has 1 aliphatic heterocycles. The van der Waals surface area contributed by atoms with E-state index < -0.39 is 0 Å². The van der Waals surface area contributed by atoms with Crippen molar-refractivity contribution in [2.45, 2.75) is 44.6 Å². The first-order valence-corrected chi connectivity index (χ1v) is 10.6. The fourth-order valence-electron chi connectivity index (χ4n) is 3.50. The van der Waals surface area contributed by atoms with Crippen LogP contribution in [0.5, 0.6) is 0 Å². The molecule has 0 saturated heterocycles. The van der Waals surface area contributed by atoms with Gasteiger partial charge in [0.25, 0.3) is 5.78 Å². The molecule has 4 aromatic heterocycles. The maximum absolute atomic E-state index is 11.6. The molecule has 9 nitrogen and oxygen atoms in total. The second-order valence-electron chi connectivity index (χ2n) is 7.29. The van der Waals surface area contributed by atoms with E-state index in [1.165, 1.54) is 29.3 Å². The van der Waals surface area contributed by atoms with Gasteiger partial charge in [-0.05, 0) is 26.3 Å². The maximum atomic E-state index is 11.6. The van der Waals surface area contributed by atoms with E-state index in [0.717, 1.165) is 22.3 Å². The molecule has 4 aromatic rings. The van der Waals surface area contributed by atoms with Gasteiger partial charge in [0.2, 0.25) is 0 Å². The number of carbonyl (C=O) groups excluding carboxylic acids is 1. The predicted octanol–water partition coefficient (Wildman–Crippen LogP) is 2.41. The minimum Gasteiger partial charge on any atom is -0.468 e. The van der Waals surface area contributed by atoms with Gasteiger partial charge < -0.3 is 9.47 Å². The second-order valence-corrected chi connectivity index (χ2v) is 9.31. The summed E-state index contributed by atoms with van der Waals surface area (Å²) >= 11 is 2.95. The number of nitrogens with zero attached hydrogens (tertiary/aromatic N) is 6. The summed E-state index contributed by atoms with van der Waals surface area (Å²) in [7, 11) is 1.37. The van der Waals surface area contributed by atoms with Crippen molar-refractivity contribution in [2.75, 3.05) is 12.9 Å². The molecular formula is C17H18N6O3S2. The Morgan fingerprint density at radius 1 is 1.39 bits per heavy atom. The van der Waals surface area contributed by atoms with Crippen molar-refractivity contribution in [3.8, 4) is 0 Å². The highest BCUT2D eigenvalue weighted by molar-refractivity contribution is 7.99. The Bertz CT molecular complexity index is 1250. The van der Waals surface area contributed by atoms with Gasteiger partial charge in [0.1, 0.15) is 10.7 Å². The van der Waals surface area contributed by atoms with Crippen LogP contribution in [0.4, 0.5) is 0 Å². The monoisotopic (exact) mass is 418 g/mol. The molecule has 0 amide bonds. The molecule has 0 saturated carbocycles. The SMILES string of the molecule is COC(=O)CSc1nnc2n3nc(C)nc3c3c4c(sc3n12)COC(C)(C)C4. The minimum atomic E-state index is -0.309. The lowest BCUT2D eigenvalue weighted by atomic mass is 9.94. The third-order valence-corrected chi connectivity index (χ3v) is 6.85. The summed E-state index contributed by atoms with van der Waals surface area (Å²) in [6.07, 6.45) is 0.794. The average Bonchev–Trinajstić information content (AvgIpc) is 3.32. The van der Waals surface area contributed by atoms with E-state index in [1.807, 2.05) is 11.3 Å². The minimum absolute atomic E-state index is 0.161. The molecule has 0 radical (unpaired) electrons. The van der Waals surface area contributed by atoms with E-state index in [4.69, 9.17) is 9.47 Å². The van der Waals surface area contributed by atoms with Crippen molar-refractivity contribution in [1.82, 2.24) is 29.2 Å². The number of thiophene rings is 1. The van der Waals surface area contributed by atoms with Gasteiger partial charge in [0.05, 0.1) is 30.5 Å². The summed E-state index contributed by atoms with van der Waals surface area (Å²) in [4.78, 5) is 18.5. The maximum Gasteiger partial charge on any atom is 0.316 e. The first-order chi connectivity index (χ1) is 13.4. The van der Waals surface area contributed by atoms with Crippen LogP contribution in [-0.2, 0) is 27.3 Å². The topological polar surface area (TPSA) is 95.9 Å². The first kappa shape index (κ1) is 17.8. The predicted molar refractivity (Wildman–Crippen MR) is 105 cm³/mol. The van der Waals surface area contributed by atoms with Crippen LogP contribution < -0.4 is 0 Å². The van der Waals surface area contributed by atoms with Gasteiger partial charge in [0.15, 0.2) is 10.8 Å². The van der Waals surface area contributed by atoms with Crippen LogP contribution in [-0.4, -0.2) is 53.6 Å². The number of carbonyl (C=O) groups is 1. The zero-order valence-electron chi connectivity index (χ0n) is 15.8. The molecule has 28 heavy (non-hydrogen) atoms. The van der Waals surface area contributed by atoms with Crippen LogP contribution in [0.15, 0.2) is 5.16 Å². The van der Waals surface area contributed by atoms with Crippen LogP contribution in [0.2, 0.25) is 0 Å². The van der Waals surface area contributed by atoms with Gasteiger partial charge in [-0.3, -0.25) is 4.79 Å². The highest BCUT2D eigenvalue weighted by Crippen LogP contribution is 2.41. The fourth-order valence-corrected chi connectivity index (χ4v) is 5.54. The number of fused-ring (bicyclic) bond motifs is 8. The molecule has 0 bridgehead atoms. The third kappa shape index (κ3) is 2.60. The van der Waals surface area contributed by atoms with Crippen LogP contribution in [0, 0.1) is 6.92 Å². The Morgan fingerprint density at radius 3 is 3.00 bits per heavy atom. The molecule has 0 unspecified atom stereocenters. The van der Waals surface area contributed by atoms with Crippen molar-refractivity contribution < 1.29 is 14.3 Å². The number of aromatic nitrogens is 6. The lowest BCUT2D eigenvalue weighted by Gasteiger charge is -2.30. The van der Waals surface area contributed by atoms with Gasteiger partial charge >= 0.3 is 5.97 Å². The van der Waals surface area contributed by atoms with E-state index >= 15 is 0 Å². The summed E-state index contributed by atoms with van der Waals surface area (Å²) in [6.45, 7) is 6.63. The molecular weight excluding hydrogens is 400 g/mol. The molecule has 1 aliphatic rings. The largest absolute Gasteiger partial charge is 0.468 e. The summed E-state index contributed by atoms with van der Waals surface area (Å²) in [6, 6.07) is 0. The summed E-state index contributed by atoms with van der Waals surface area (Å²) < 4.78 is 14.5. The smallest absolute Gasteiger partial charge is 0.316 e. The molecule has 0 spiro atoms. The number of rotatable bonds is 3. The Kier molecular flexibility index (Phi) is 3.90. The summed E-state index contributed by atoms with van der Waals surface area (Å²) in [5.41, 5.74) is 1.79. The Balaban J connectivity index is 1.82. The quantitative estimate of drug-likeness (QED) is 0.370. The number of esters is 1. The first-order valence-electron chi connectivity index (χ1n) is 8.76. The second kappa shape index (κ2) is 6.13. The standard InChI is InChI=1S/C17H18N6O3S2/c1-8-18-13-12-9-5-17(2,3)26-6-10(9)28-14(12)22-15(23(13)21-8)19-20-16(22)27-7-11(24)25-4/h5-7H2,1-4H3. The number of aryl methyl sites for hydroxylation is 1. The van der Waals surface area contributed by atoms with E-state index in [1.54, 1.807) is 15.9 Å². The lowest BCUT2D eigenvalue weighted by Crippen LogP contribution is -2.31. The fraction of sp³-hybridized carbons (Fsp3) is 0.471. The molecule has 5 rings (SSSR count). The van der Waals surface area contributed by atoms with Gasteiger partial charge in [-0.25, -0.2) is 9.38 Å². The molecule has 5 heterocycles. The van der Waals surface area contributed by atoms with Crippen LogP contribution in [0.25, 0.3) is 21.6 Å². The summed E-state index contributed by atoms with van der Waals surface area (Å²) in [5, 5.41) is 14.8. The van der Waals surface area contributed by atoms with Gasteiger partial charge in [-0.2, -0.15) is 4.52 Å². The van der Waals surface area contributed by atoms with Crippen LogP contribution in [0.1, 0.15) is 30.1 Å². The number of ether oxygens (including phenoxy) is 2. The molecule has 146 valence electrons. The van der Waals surface area contributed by atoms with Crippen molar-refractivity contribution in [1.29, 1.82) is 0 Å². The Morgan fingerprint density at radius 2 is 2.21 bits per heavy atom. The number of thioether (sulfide) groups is 1. The Labute approximate surface area is 168 Å². The number of hydrogen-bond donors (Lipinski definition) is 0. The molecule has 0 aromatic carbocycles. The third-order valence-electron chi connectivity index (χ3n) is 4.76. The van der Waals surface area contributed by atoms with E-state index in [2.05, 4.69) is 34.1 Å². The van der Waals surface area contributed by atoms with Crippen molar-refractivity contribution in [3.63, 3.8) is 0 Å². The molecule has 0 N–H and O–H groups in total. The average molecular weight is 419 g/mol. The van der Waals surface area contributed by atoms with E-state index in [-0.39, 0.29) is 17.3 Å².